The second kappa shape index (κ2) is 6.57. The molecule has 0 radical (unpaired) electrons. The van der Waals surface area contributed by atoms with Gasteiger partial charge in [0.1, 0.15) is 29.5 Å². The molecule has 0 unspecified atom stereocenters. The normalized spacial score (nSPS) is 14.1. The van der Waals surface area contributed by atoms with Crippen molar-refractivity contribution in [1.29, 1.82) is 15.8 Å². The predicted molar refractivity (Wildman–Crippen MR) is 76.6 cm³/mol. The Labute approximate surface area is 122 Å². The van der Waals surface area contributed by atoms with Gasteiger partial charge >= 0.3 is 0 Å². The van der Waals surface area contributed by atoms with E-state index >= 15 is 0 Å². The third-order valence-electron chi connectivity index (χ3n) is 2.74. The molecule has 0 bridgehead atoms. The Kier molecular flexibility index (Phi) is 4.34. The molecule has 0 amide bonds. The maximum Gasteiger partial charge on any atom is 0.147 e. The van der Waals surface area contributed by atoms with Gasteiger partial charge in [0, 0.05) is 5.56 Å². The number of benzene rings is 1. The van der Waals surface area contributed by atoms with E-state index in [4.69, 9.17) is 20.5 Å². The van der Waals surface area contributed by atoms with Gasteiger partial charge in [-0.15, -0.1) is 0 Å². The van der Waals surface area contributed by atoms with E-state index < -0.39 is 0 Å². The van der Waals surface area contributed by atoms with Gasteiger partial charge in [-0.05, 0) is 23.8 Å². The molecule has 4 heteroatoms. The highest BCUT2D eigenvalue weighted by molar-refractivity contribution is 5.67. The van der Waals surface area contributed by atoms with Crippen LogP contribution in [0.3, 0.4) is 0 Å². The molecule has 0 aliphatic carbocycles. The molecule has 0 N–H and O–H groups in total. The molecule has 1 heterocycles. The van der Waals surface area contributed by atoms with E-state index in [1.807, 2.05) is 36.4 Å². The first-order valence-electron chi connectivity index (χ1n) is 6.05. The molecule has 0 fully saturated rings. The molecule has 98 valence electrons. The average Bonchev–Trinajstić information content (AvgIpc) is 2.56. The van der Waals surface area contributed by atoms with E-state index in [9.17, 15) is 0 Å². The van der Waals surface area contributed by atoms with Gasteiger partial charge in [-0.1, -0.05) is 30.3 Å². The molecule has 2 rings (SSSR count). The van der Waals surface area contributed by atoms with Crippen LogP contribution in [-0.4, -0.2) is 0 Å². The summed E-state index contributed by atoms with van der Waals surface area (Å²) in [6.07, 6.45) is 6.40. The highest BCUT2D eigenvalue weighted by Gasteiger charge is 2.08. The van der Waals surface area contributed by atoms with Gasteiger partial charge in [-0.3, -0.25) is 0 Å². The number of hydrogen-bond acceptors (Lipinski definition) is 4. The fraction of sp³-hybridized carbons (Fsp3) is 0. The van der Waals surface area contributed by atoms with Crippen LogP contribution >= 0.6 is 0 Å². The highest BCUT2D eigenvalue weighted by Crippen LogP contribution is 2.23. The first-order valence-corrected chi connectivity index (χ1v) is 6.05. The fourth-order valence-electron chi connectivity index (χ4n) is 1.74. The molecule has 0 atom stereocenters. The predicted octanol–water partition coefficient (Wildman–Crippen LogP) is 3.37. The van der Waals surface area contributed by atoms with Gasteiger partial charge in [-0.2, -0.15) is 15.8 Å². The van der Waals surface area contributed by atoms with Crippen molar-refractivity contribution in [3.8, 4) is 18.2 Å². The molecule has 21 heavy (non-hydrogen) atoms. The minimum absolute atomic E-state index is 0.0326. The summed E-state index contributed by atoms with van der Waals surface area (Å²) in [6, 6.07) is 14.8. The summed E-state index contributed by atoms with van der Waals surface area (Å²) in [7, 11) is 0. The zero-order valence-electron chi connectivity index (χ0n) is 10.9. The van der Waals surface area contributed by atoms with Crippen molar-refractivity contribution in [3.05, 3.63) is 77.1 Å². The van der Waals surface area contributed by atoms with Crippen LogP contribution in [-0.2, 0) is 4.74 Å². The zero-order chi connectivity index (χ0) is 15.1. The first kappa shape index (κ1) is 13.9. The van der Waals surface area contributed by atoms with Gasteiger partial charge in [0.05, 0.1) is 11.8 Å². The lowest BCUT2D eigenvalue weighted by molar-refractivity contribution is 0.432. The Morgan fingerprint density at radius 2 is 1.71 bits per heavy atom. The third-order valence-corrected chi connectivity index (χ3v) is 2.74. The Morgan fingerprint density at radius 3 is 2.33 bits per heavy atom. The van der Waals surface area contributed by atoms with Gasteiger partial charge in [0.15, 0.2) is 0 Å². The van der Waals surface area contributed by atoms with Crippen molar-refractivity contribution >= 4 is 5.76 Å². The Hall–Kier alpha value is -3.55. The van der Waals surface area contributed by atoms with Crippen LogP contribution in [0.1, 0.15) is 5.56 Å². The minimum Gasteiger partial charge on any atom is -0.464 e. The van der Waals surface area contributed by atoms with E-state index in [1.54, 1.807) is 24.3 Å². The Morgan fingerprint density at radius 1 is 1.00 bits per heavy atom. The van der Waals surface area contributed by atoms with Crippen LogP contribution in [0.15, 0.2) is 71.5 Å². The number of rotatable bonds is 2. The fourth-order valence-corrected chi connectivity index (χ4v) is 1.74. The summed E-state index contributed by atoms with van der Waals surface area (Å²) < 4.78 is 5.43. The highest BCUT2D eigenvalue weighted by atomic mass is 16.5. The van der Waals surface area contributed by atoms with Crippen molar-refractivity contribution in [2.24, 2.45) is 0 Å². The van der Waals surface area contributed by atoms with Crippen LogP contribution in [0.4, 0.5) is 0 Å². The molecule has 0 aromatic heterocycles. The summed E-state index contributed by atoms with van der Waals surface area (Å²) in [6.45, 7) is 0. The van der Waals surface area contributed by atoms with Gasteiger partial charge in [0.25, 0.3) is 0 Å². The Bertz CT molecular complexity index is 775. The molecule has 1 aliphatic rings. The number of allylic oxidation sites excluding steroid dienone is 6. The van der Waals surface area contributed by atoms with Crippen LogP contribution in [0.5, 0.6) is 0 Å². The van der Waals surface area contributed by atoms with Crippen molar-refractivity contribution in [2.75, 3.05) is 0 Å². The summed E-state index contributed by atoms with van der Waals surface area (Å²) >= 11 is 0. The van der Waals surface area contributed by atoms with E-state index in [0.717, 1.165) is 5.56 Å². The number of hydrogen-bond donors (Lipinski definition) is 0. The first-order chi connectivity index (χ1) is 10.3. The monoisotopic (exact) mass is 271 g/mol. The summed E-state index contributed by atoms with van der Waals surface area (Å²) in [4.78, 5) is 0. The van der Waals surface area contributed by atoms with Gasteiger partial charge in [0.2, 0.25) is 0 Å². The smallest absolute Gasteiger partial charge is 0.147 e. The lowest BCUT2D eigenvalue weighted by Crippen LogP contribution is -1.93. The van der Waals surface area contributed by atoms with Crippen LogP contribution < -0.4 is 0 Å². The van der Waals surface area contributed by atoms with E-state index in [0.29, 0.717) is 11.3 Å². The summed E-state index contributed by atoms with van der Waals surface area (Å²) in [5, 5.41) is 26.7. The lowest BCUT2D eigenvalue weighted by atomic mass is 10.0. The molecule has 0 saturated heterocycles. The van der Waals surface area contributed by atoms with Crippen LogP contribution in [0.25, 0.3) is 5.76 Å². The molecule has 1 aliphatic heterocycles. The summed E-state index contributed by atoms with van der Waals surface area (Å²) in [5.41, 5.74) is 1.40. The van der Waals surface area contributed by atoms with Gasteiger partial charge in [-0.25, -0.2) is 0 Å². The van der Waals surface area contributed by atoms with Crippen molar-refractivity contribution in [2.45, 2.75) is 0 Å². The maximum atomic E-state index is 9.04. The molecular formula is C17H9N3O. The minimum atomic E-state index is -0.209. The largest absolute Gasteiger partial charge is 0.464 e. The molecule has 0 spiro atoms. The molecule has 1 aromatic carbocycles. The van der Waals surface area contributed by atoms with Gasteiger partial charge < -0.3 is 4.74 Å². The summed E-state index contributed by atoms with van der Waals surface area (Å²) in [5.74, 6) is 0.636. The zero-order valence-corrected chi connectivity index (χ0v) is 10.9. The lowest BCUT2D eigenvalue weighted by Gasteiger charge is -2.11. The van der Waals surface area contributed by atoms with Crippen LogP contribution in [0, 0.1) is 34.0 Å². The van der Waals surface area contributed by atoms with Crippen molar-refractivity contribution < 1.29 is 4.74 Å². The topological polar surface area (TPSA) is 80.6 Å². The second-order valence-electron chi connectivity index (χ2n) is 4.06. The van der Waals surface area contributed by atoms with E-state index in [2.05, 4.69) is 0 Å². The van der Waals surface area contributed by atoms with Crippen LogP contribution in [0.2, 0.25) is 0 Å². The number of ether oxygens (including phenoxy) is 1. The maximum absolute atomic E-state index is 9.04. The molecule has 1 aromatic rings. The quantitative estimate of drug-likeness (QED) is 0.772. The SMILES string of the molecule is N#CC(C#N)=C(C#N)C=C1C=COC(c2ccccc2)=C1. The average molecular weight is 271 g/mol. The standard InChI is InChI=1S/C17H9N3O/c18-10-15(16(11-19)12-20)8-13-6-7-21-17(9-13)14-4-2-1-3-5-14/h1-9H. The molecule has 0 saturated carbocycles. The third kappa shape index (κ3) is 3.26. The molecular weight excluding hydrogens is 262 g/mol. The van der Waals surface area contributed by atoms with E-state index in [-0.39, 0.29) is 11.1 Å². The van der Waals surface area contributed by atoms with Crippen molar-refractivity contribution in [3.63, 3.8) is 0 Å². The Balaban J connectivity index is 2.42. The second-order valence-corrected chi connectivity index (χ2v) is 4.06. The number of nitrogens with zero attached hydrogens (tertiary/aromatic N) is 3. The molecule has 4 nitrogen and oxygen atoms in total. The van der Waals surface area contributed by atoms with E-state index in [1.165, 1.54) is 12.3 Å². The number of nitriles is 3. The van der Waals surface area contributed by atoms with Crippen molar-refractivity contribution in [1.82, 2.24) is 0 Å².